The van der Waals surface area contributed by atoms with Crippen LogP contribution in [0.15, 0.2) is 42.0 Å². The van der Waals surface area contributed by atoms with Gasteiger partial charge >= 0.3 is 5.97 Å². The normalized spacial score (nSPS) is 13.6. The lowest BCUT2D eigenvalue weighted by molar-refractivity contribution is -0.131. The van der Waals surface area contributed by atoms with E-state index in [0.29, 0.717) is 5.92 Å². The second-order valence-corrected chi connectivity index (χ2v) is 3.84. The summed E-state index contributed by atoms with van der Waals surface area (Å²) in [6.45, 7) is 3.96. The van der Waals surface area contributed by atoms with Crippen LogP contribution < -0.4 is 0 Å². The van der Waals surface area contributed by atoms with E-state index in [1.54, 1.807) is 0 Å². The molecule has 1 N–H and O–H groups in total. The number of aliphatic carboxylic acids is 1. The molecule has 0 radical (unpaired) electrons. The zero-order chi connectivity index (χ0) is 11.3. The third-order valence-electron chi connectivity index (χ3n) is 2.37. The van der Waals surface area contributed by atoms with Crippen LogP contribution in [0.3, 0.4) is 0 Å². The fourth-order valence-corrected chi connectivity index (χ4v) is 1.65. The van der Waals surface area contributed by atoms with Gasteiger partial charge in [0.15, 0.2) is 0 Å². The van der Waals surface area contributed by atoms with Gasteiger partial charge in [-0.05, 0) is 24.8 Å². The summed E-state index contributed by atoms with van der Waals surface area (Å²) < 4.78 is 0. The lowest BCUT2D eigenvalue weighted by Crippen LogP contribution is -1.96. The standard InChI is InChI=1S/C13H16O2/c1-10(9-13(14)15)8-11(2)12-6-4-3-5-7-12/h3-7,9,11H,8H2,1-2H3,(H,14,15). The summed E-state index contributed by atoms with van der Waals surface area (Å²) in [6, 6.07) is 10.1. The molecule has 15 heavy (non-hydrogen) atoms. The third kappa shape index (κ3) is 3.98. The monoisotopic (exact) mass is 204 g/mol. The first-order valence-corrected chi connectivity index (χ1v) is 5.04. The van der Waals surface area contributed by atoms with Gasteiger partial charge in [-0.25, -0.2) is 4.79 Å². The van der Waals surface area contributed by atoms with E-state index in [1.807, 2.05) is 25.1 Å². The minimum atomic E-state index is -0.868. The number of hydrogen-bond acceptors (Lipinski definition) is 1. The average Bonchev–Trinajstić information content (AvgIpc) is 2.17. The Kier molecular flexibility index (Phi) is 4.10. The van der Waals surface area contributed by atoms with Crippen molar-refractivity contribution in [2.24, 2.45) is 0 Å². The molecule has 0 amide bonds. The summed E-state index contributed by atoms with van der Waals surface area (Å²) in [7, 11) is 0. The highest BCUT2D eigenvalue weighted by Crippen LogP contribution is 2.22. The van der Waals surface area contributed by atoms with Crippen LogP contribution in [-0.4, -0.2) is 11.1 Å². The summed E-state index contributed by atoms with van der Waals surface area (Å²) in [5.41, 5.74) is 2.15. The van der Waals surface area contributed by atoms with Gasteiger partial charge in [0, 0.05) is 6.08 Å². The second-order valence-electron chi connectivity index (χ2n) is 3.84. The van der Waals surface area contributed by atoms with Crippen LogP contribution in [-0.2, 0) is 4.79 Å². The Labute approximate surface area is 90.3 Å². The van der Waals surface area contributed by atoms with Crippen molar-refractivity contribution in [3.05, 3.63) is 47.5 Å². The molecule has 0 saturated carbocycles. The molecule has 1 rings (SSSR count). The maximum Gasteiger partial charge on any atom is 0.328 e. The molecule has 0 saturated heterocycles. The Morgan fingerprint density at radius 1 is 1.40 bits per heavy atom. The van der Waals surface area contributed by atoms with Crippen molar-refractivity contribution < 1.29 is 9.90 Å². The van der Waals surface area contributed by atoms with Crippen molar-refractivity contribution in [1.29, 1.82) is 0 Å². The molecule has 0 aliphatic rings. The molecule has 0 fully saturated rings. The highest BCUT2D eigenvalue weighted by molar-refractivity contribution is 5.80. The first-order chi connectivity index (χ1) is 7.09. The van der Waals surface area contributed by atoms with E-state index in [-0.39, 0.29) is 0 Å². The van der Waals surface area contributed by atoms with Crippen LogP contribution in [0.1, 0.15) is 31.7 Å². The van der Waals surface area contributed by atoms with Crippen molar-refractivity contribution in [3.63, 3.8) is 0 Å². The first kappa shape index (κ1) is 11.5. The molecule has 1 aromatic carbocycles. The lowest BCUT2D eigenvalue weighted by atomic mass is 9.94. The summed E-state index contributed by atoms with van der Waals surface area (Å²) in [5, 5.41) is 8.59. The molecule has 1 unspecified atom stereocenters. The highest BCUT2D eigenvalue weighted by atomic mass is 16.4. The van der Waals surface area contributed by atoms with E-state index >= 15 is 0 Å². The van der Waals surface area contributed by atoms with Crippen molar-refractivity contribution in [2.75, 3.05) is 0 Å². The molecule has 0 bridgehead atoms. The Bertz CT molecular complexity index is 352. The summed E-state index contributed by atoms with van der Waals surface area (Å²) >= 11 is 0. The average molecular weight is 204 g/mol. The topological polar surface area (TPSA) is 37.3 Å². The summed E-state index contributed by atoms with van der Waals surface area (Å²) in [4.78, 5) is 10.5. The van der Waals surface area contributed by atoms with Crippen LogP contribution in [0.4, 0.5) is 0 Å². The van der Waals surface area contributed by atoms with Gasteiger partial charge in [0.2, 0.25) is 0 Å². The first-order valence-electron chi connectivity index (χ1n) is 5.04. The lowest BCUT2D eigenvalue weighted by Gasteiger charge is -2.11. The number of carboxylic acids is 1. The Hall–Kier alpha value is -1.57. The van der Waals surface area contributed by atoms with Gasteiger partial charge in [0.25, 0.3) is 0 Å². The molecule has 0 spiro atoms. The smallest absolute Gasteiger partial charge is 0.328 e. The minimum Gasteiger partial charge on any atom is -0.478 e. The number of carbonyl (C=O) groups is 1. The maximum atomic E-state index is 10.5. The van der Waals surface area contributed by atoms with E-state index in [2.05, 4.69) is 19.1 Å². The minimum absolute atomic E-state index is 0.363. The molecule has 2 nitrogen and oxygen atoms in total. The van der Waals surface area contributed by atoms with Crippen molar-refractivity contribution in [1.82, 2.24) is 0 Å². The fourth-order valence-electron chi connectivity index (χ4n) is 1.65. The molecule has 0 aromatic heterocycles. The number of benzene rings is 1. The molecule has 1 aromatic rings. The third-order valence-corrected chi connectivity index (χ3v) is 2.37. The number of rotatable bonds is 4. The summed E-state index contributed by atoms with van der Waals surface area (Å²) in [5.74, 6) is -0.505. The molecular formula is C13H16O2. The molecule has 0 aliphatic heterocycles. The quantitative estimate of drug-likeness (QED) is 0.764. The maximum absolute atomic E-state index is 10.5. The molecule has 80 valence electrons. The zero-order valence-corrected chi connectivity index (χ0v) is 9.10. The predicted molar refractivity (Wildman–Crippen MR) is 60.9 cm³/mol. The molecule has 0 aliphatic carbocycles. The van der Waals surface area contributed by atoms with Gasteiger partial charge < -0.3 is 5.11 Å². The van der Waals surface area contributed by atoms with Crippen LogP contribution in [0.25, 0.3) is 0 Å². The van der Waals surface area contributed by atoms with Gasteiger partial charge in [-0.3, -0.25) is 0 Å². The van der Waals surface area contributed by atoms with Crippen LogP contribution in [0.2, 0.25) is 0 Å². The Balaban J connectivity index is 2.64. The van der Waals surface area contributed by atoms with Crippen molar-refractivity contribution in [3.8, 4) is 0 Å². The van der Waals surface area contributed by atoms with Crippen LogP contribution in [0, 0.1) is 0 Å². The van der Waals surface area contributed by atoms with Gasteiger partial charge in [-0.1, -0.05) is 42.8 Å². The Morgan fingerprint density at radius 3 is 2.53 bits per heavy atom. The Morgan fingerprint density at radius 2 is 2.00 bits per heavy atom. The van der Waals surface area contributed by atoms with Crippen LogP contribution >= 0.6 is 0 Å². The SMILES string of the molecule is CC(=CC(=O)O)CC(C)c1ccccc1. The number of carboxylic acid groups (broad SMARTS) is 1. The zero-order valence-electron chi connectivity index (χ0n) is 9.10. The van der Waals surface area contributed by atoms with E-state index in [9.17, 15) is 4.79 Å². The molecule has 1 atom stereocenters. The fraction of sp³-hybridized carbons (Fsp3) is 0.308. The van der Waals surface area contributed by atoms with E-state index in [0.717, 1.165) is 12.0 Å². The second kappa shape index (κ2) is 5.35. The van der Waals surface area contributed by atoms with Gasteiger partial charge in [0.05, 0.1) is 0 Å². The van der Waals surface area contributed by atoms with Crippen molar-refractivity contribution in [2.45, 2.75) is 26.2 Å². The van der Waals surface area contributed by atoms with Crippen LogP contribution in [0.5, 0.6) is 0 Å². The highest BCUT2D eigenvalue weighted by Gasteiger charge is 2.06. The molecular weight excluding hydrogens is 188 g/mol. The molecule has 2 heteroatoms. The van der Waals surface area contributed by atoms with Gasteiger partial charge in [-0.2, -0.15) is 0 Å². The van der Waals surface area contributed by atoms with Crippen molar-refractivity contribution >= 4 is 5.97 Å². The number of allylic oxidation sites excluding steroid dienone is 1. The summed E-state index contributed by atoms with van der Waals surface area (Å²) in [6.07, 6.45) is 2.07. The van der Waals surface area contributed by atoms with E-state index in [1.165, 1.54) is 11.6 Å². The van der Waals surface area contributed by atoms with E-state index in [4.69, 9.17) is 5.11 Å². The number of hydrogen-bond donors (Lipinski definition) is 1. The van der Waals surface area contributed by atoms with E-state index < -0.39 is 5.97 Å². The van der Waals surface area contributed by atoms with Gasteiger partial charge in [0.1, 0.15) is 0 Å². The van der Waals surface area contributed by atoms with Gasteiger partial charge in [-0.15, -0.1) is 0 Å². The largest absolute Gasteiger partial charge is 0.478 e. The predicted octanol–water partition coefficient (Wildman–Crippen LogP) is 3.21. The molecule has 0 heterocycles.